The molecule has 0 saturated carbocycles. The Labute approximate surface area is 106 Å². The van der Waals surface area contributed by atoms with Crippen LogP contribution in [0.15, 0.2) is 36.4 Å². The normalized spacial score (nSPS) is 10.8. The van der Waals surface area contributed by atoms with Gasteiger partial charge in [0.2, 0.25) is 5.91 Å². The average Bonchev–Trinajstić information content (AvgIpc) is 2.29. The average molecular weight is 248 g/mol. The quantitative estimate of drug-likeness (QED) is 0.774. The molecule has 0 atom stereocenters. The van der Waals surface area contributed by atoms with Gasteiger partial charge in [-0.1, -0.05) is 6.08 Å². The van der Waals surface area contributed by atoms with Crippen molar-refractivity contribution in [2.24, 2.45) is 0 Å². The van der Waals surface area contributed by atoms with E-state index in [0.29, 0.717) is 12.2 Å². The fourth-order valence-electron chi connectivity index (χ4n) is 1.25. The number of carboxylic acid groups (broad SMARTS) is 1. The molecule has 0 bridgehead atoms. The lowest BCUT2D eigenvalue weighted by Gasteiger charge is -2.04. The predicted octanol–water partition coefficient (Wildman–Crippen LogP) is 1.44. The highest BCUT2D eigenvalue weighted by Gasteiger charge is 2.02. The topological polar surface area (TPSA) is 69.6 Å². The van der Waals surface area contributed by atoms with Crippen molar-refractivity contribution in [1.82, 2.24) is 4.90 Å². The van der Waals surface area contributed by atoms with Gasteiger partial charge in [0.1, 0.15) is 0 Å². The zero-order valence-electron chi connectivity index (χ0n) is 10.4. The SMILES string of the molecule is CN(C)CC=CC(=O)Nc1ccc(C(=O)O)cc1. The van der Waals surface area contributed by atoms with E-state index in [2.05, 4.69) is 5.32 Å². The van der Waals surface area contributed by atoms with Gasteiger partial charge in [0.05, 0.1) is 5.56 Å². The molecule has 0 aromatic heterocycles. The molecule has 1 rings (SSSR count). The Morgan fingerprint density at radius 2 is 1.89 bits per heavy atom. The zero-order chi connectivity index (χ0) is 13.5. The summed E-state index contributed by atoms with van der Waals surface area (Å²) in [4.78, 5) is 24.1. The molecule has 0 saturated heterocycles. The minimum absolute atomic E-state index is 0.191. The van der Waals surface area contributed by atoms with Gasteiger partial charge in [-0.25, -0.2) is 4.79 Å². The van der Waals surface area contributed by atoms with Crippen molar-refractivity contribution in [3.8, 4) is 0 Å². The molecule has 0 fully saturated rings. The maximum absolute atomic E-state index is 11.5. The van der Waals surface area contributed by atoms with Gasteiger partial charge in [-0.05, 0) is 38.4 Å². The van der Waals surface area contributed by atoms with Gasteiger partial charge in [0.15, 0.2) is 0 Å². The van der Waals surface area contributed by atoms with E-state index in [1.54, 1.807) is 18.2 Å². The largest absolute Gasteiger partial charge is 0.478 e. The Bertz CT molecular complexity index is 450. The summed E-state index contributed by atoms with van der Waals surface area (Å²) in [5.74, 6) is -1.22. The number of hydrogen-bond donors (Lipinski definition) is 2. The summed E-state index contributed by atoms with van der Waals surface area (Å²) in [7, 11) is 3.82. The number of carboxylic acids is 1. The number of aromatic carboxylic acids is 1. The van der Waals surface area contributed by atoms with Crippen molar-refractivity contribution in [2.75, 3.05) is 26.0 Å². The molecule has 18 heavy (non-hydrogen) atoms. The van der Waals surface area contributed by atoms with Crippen LogP contribution in [0.5, 0.6) is 0 Å². The molecule has 96 valence electrons. The van der Waals surface area contributed by atoms with Gasteiger partial charge in [0, 0.05) is 18.3 Å². The summed E-state index contributed by atoms with van der Waals surface area (Å²) in [5.41, 5.74) is 0.760. The van der Waals surface area contributed by atoms with Crippen molar-refractivity contribution in [3.63, 3.8) is 0 Å². The predicted molar refractivity (Wildman–Crippen MR) is 69.7 cm³/mol. The van der Waals surface area contributed by atoms with Crippen LogP contribution < -0.4 is 5.32 Å². The van der Waals surface area contributed by atoms with Crippen molar-refractivity contribution in [3.05, 3.63) is 42.0 Å². The molecule has 5 heteroatoms. The summed E-state index contributed by atoms with van der Waals surface area (Å²) in [6, 6.07) is 6.01. The fraction of sp³-hybridized carbons (Fsp3) is 0.231. The molecule has 5 nitrogen and oxygen atoms in total. The van der Waals surface area contributed by atoms with E-state index >= 15 is 0 Å². The van der Waals surface area contributed by atoms with E-state index in [9.17, 15) is 9.59 Å². The van der Waals surface area contributed by atoms with E-state index in [-0.39, 0.29) is 11.5 Å². The Morgan fingerprint density at radius 3 is 2.39 bits per heavy atom. The van der Waals surface area contributed by atoms with E-state index in [0.717, 1.165) is 0 Å². The minimum atomic E-state index is -0.987. The summed E-state index contributed by atoms with van der Waals surface area (Å²) in [6.07, 6.45) is 3.20. The van der Waals surface area contributed by atoms with Crippen molar-refractivity contribution in [2.45, 2.75) is 0 Å². The van der Waals surface area contributed by atoms with Gasteiger partial charge >= 0.3 is 5.97 Å². The first kappa shape index (κ1) is 13.9. The van der Waals surface area contributed by atoms with Crippen molar-refractivity contribution in [1.29, 1.82) is 0 Å². The third-order valence-electron chi connectivity index (χ3n) is 2.14. The first-order chi connectivity index (χ1) is 8.49. The second-order valence-electron chi connectivity index (χ2n) is 4.04. The number of carbonyl (C=O) groups is 2. The number of likely N-dealkylation sites (N-methyl/N-ethyl adjacent to an activating group) is 1. The highest BCUT2D eigenvalue weighted by Crippen LogP contribution is 2.09. The maximum atomic E-state index is 11.5. The lowest BCUT2D eigenvalue weighted by molar-refractivity contribution is -0.111. The van der Waals surface area contributed by atoms with Gasteiger partial charge in [-0.2, -0.15) is 0 Å². The molecule has 1 aromatic rings. The van der Waals surface area contributed by atoms with Crippen LogP contribution in [0.1, 0.15) is 10.4 Å². The number of benzene rings is 1. The van der Waals surface area contributed by atoms with Crippen LogP contribution in [0.25, 0.3) is 0 Å². The standard InChI is InChI=1S/C13H16N2O3/c1-15(2)9-3-4-12(16)14-11-7-5-10(6-8-11)13(17)18/h3-8H,9H2,1-2H3,(H,14,16)(H,17,18). The van der Waals surface area contributed by atoms with Gasteiger partial charge in [0.25, 0.3) is 0 Å². The molecular weight excluding hydrogens is 232 g/mol. The number of rotatable bonds is 5. The Morgan fingerprint density at radius 1 is 1.28 bits per heavy atom. The molecule has 2 N–H and O–H groups in total. The Balaban J connectivity index is 2.54. The van der Waals surface area contributed by atoms with Crippen LogP contribution in [0.4, 0.5) is 5.69 Å². The number of carbonyl (C=O) groups excluding carboxylic acids is 1. The molecule has 1 amide bonds. The van der Waals surface area contributed by atoms with Crippen LogP contribution in [0.3, 0.4) is 0 Å². The molecule has 0 aliphatic carbocycles. The van der Waals surface area contributed by atoms with Crippen LogP contribution in [0.2, 0.25) is 0 Å². The van der Waals surface area contributed by atoms with Crippen molar-refractivity contribution < 1.29 is 14.7 Å². The smallest absolute Gasteiger partial charge is 0.335 e. The Kier molecular flexibility index (Phi) is 5.07. The number of nitrogens with zero attached hydrogens (tertiary/aromatic N) is 1. The molecule has 0 aliphatic rings. The monoisotopic (exact) mass is 248 g/mol. The first-order valence-electron chi connectivity index (χ1n) is 5.44. The lowest BCUT2D eigenvalue weighted by atomic mass is 10.2. The van der Waals surface area contributed by atoms with Crippen LogP contribution in [0, 0.1) is 0 Å². The van der Waals surface area contributed by atoms with Gasteiger partial charge in [-0.3, -0.25) is 4.79 Å². The lowest BCUT2D eigenvalue weighted by Crippen LogP contribution is -2.13. The summed E-state index contributed by atoms with van der Waals surface area (Å²) in [5, 5.41) is 11.4. The molecule has 0 heterocycles. The third-order valence-corrected chi connectivity index (χ3v) is 2.14. The molecule has 0 spiro atoms. The summed E-state index contributed by atoms with van der Waals surface area (Å²) >= 11 is 0. The molecule has 0 unspecified atom stereocenters. The third kappa shape index (κ3) is 4.80. The summed E-state index contributed by atoms with van der Waals surface area (Å²) < 4.78 is 0. The molecule has 1 aromatic carbocycles. The Hall–Kier alpha value is -2.14. The van der Waals surface area contributed by atoms with Gasteiger partial charge in [-0.15, -0.1) is 0 Å². The fourth-order valence-corrected chi connectivity index (χ4v) is 1.25. The van der Waals surface area contributed by atoms with Crippen LogP contribution >= 0.6 is 0 Å². The summed E-state index contributed by atoms with van der Waals surface area (Å²) in [6.45, 7) is 0.686. The second kappa shape index (κ2) is 6.56. The maximum Gasteiger partial charge on any atom is 0.335 e. The minimum Gasteiger partial charge on any atom is -0.478 e. The van der Waals surface area contributed by atoms with Crippen molar-refractivity contribution >= 4 is 17.6 Å². The van der Waals surface area contributed by atoms with Crippen LogP contribution in [-0.4, -0.2) is 42.5 Å². The number of nitrogens with one attached hydrogen (secondary N) is 1. The number of hydrogen-bond acceptors (Lipinski definition) is 3. The van der Waals surface area contributed by atoms with E-state index in [4.69, 9.17) is 5.11 Å². The second-order valence-corrected chi connectivity index (χ2v) is 4.04. The van der Waals surface area contributed by atoms with Crippen LogP contribution in [-0.2, 0) is 4.79 Å². The van der Waals surface area contributed by atoms with E-state index in [1.165, 1.54) is 18.2 Å². The number of amides is 1. The van der Waals surface area contributed by atoms with E-state index in [1.807, 2.05) is 19.0 Å². The molecule has 0 aliphatic heterocycles. The van der Waals surface area contributed by atoms with E-state index < -0.39 is 5.97 Å². The van der Waals surface area contributed by atoms with Gasteiger partial charge < -0.3 is 15.3 Å². The number of anilines is 1. The zero-order valence-corrected chi connectivity index (χ0v) is 10.4. The highest BCUT2D eigenvalue weighted by atomic mass is 16.4. The highest BCUT2D eigenvalue weighted by molar-refractivity contribution is 5.99. The first-order valence-corrected chi connectivity index (χ1v) is 5.44. The molecule has 0 radical (unpaired) electrons. The molecular formula is C13H16N2O3.